The van der Waals surface area contributed by atoms with Crippen LogP contribution in [-0.4, -0.2) is 11.3 Å². The molecule has 0 amide bonds. The summed E-state index contributed by atoms with van der Waals surface area (Å²) >= 11 is 1.23. The SMILES string of the molecule is OCc1ccc(C(OI)C(F)(F)F)cc1. The number of alkyl halides is 3. The molecule has 1 aromatic rings. The summed E-state index contributed by atoms with van der Waals surface area (Å²) in [6.45, 7) is -0.192. The molecule has 0 heterocycles. The summed E-state index contributed by atoms with van der Waals surface area (Å²) in [7, 11) is 0. The van der Waals surface area contributed by atoms with Crippen LogP contribution < -0.4 is 0 Å². The van der Waals surface area contributed by atoms with Gasteiger partial charge < -0.3 is 5.11 Å². The first-order valence-corrected chi connectivity index (χ1v) is 4.91. The molecule has 1 rings (SSSR count). The minimum atomic E-state index is -4.43. The van der Waals surface area contributed by atoms with E-state index in [4.69, 9.17) is 5.11 Å². The van der Waals surface area contributed by atoms with Crippen molar-refractivity contribution in [1.29, 1.82) is 0 Å². The Morgan fingerprint density at radius 2 is 1.80 bits per heavy atom. The molecule has 0 aliphatic carbocycles. The van der Waals surface area contributed by atoms with Crippen LogP contribution >= 0.6 is 23.0 Å². The highest BCUT2D eigenvalue weighted by Gasteiger charge is 2.41. The van der Waals surface area contributed by atoms with Gasteiger partial charge in [-0.15, -0.1) is 0 Å². The van der Waals surface area contributed by atoms with E-state index in [1.54, 1.807) is 0 Å². The molecule has 0 spiro atoms. The Hall–Kier alpha value is -0.340. The number of halogens is 4. The first-order valence-electron chi connectivity index (χ1n) is 4.03. The Bertz CT molecular complexity index is 310. The molecule has 1 unspecified atom stereocenters. The van der Waals surface area contributed by atoms with Gasteiger partial charge in [-0.2, -0.15) is 13.2 Å². The lowest BCUT2D eigenvalue weighted by atomic mass is 10.1. The molecule has 0 saturated heterocycles. The van der Waals surface area contributed by atoms with Crippen molar-refractivity contribution >= 4 is 23.0 Å². The highest BCUT2D eigenvalue weighted by Crippen LogP contribution is 2.37. The topological polar surface area (TPSA) is 29.5 Å². The quantitative estimate of drug-likeness (QED) is 0.862. The fourth-order valence-electron chi connectivity index (χ4n) is 1.09. The van der Waals surface area contributed by atoms with Crippen molar-refractivity contribution < 1.29 is 21.3 Å². The molecule has 0 bridgehead atoms. The van der Waals surface area contributed by atoms with Crippen LogP contribution in [0.4, 0.5) is 13.2 Å². The zero-order valence-electron chi connectivity index (χ0n) is 7.46. The molecular formula is C9H8F3IO2. The van der Waals surface area contributed by atoms with Crippen LogP contribution in [-0.2, 0) is 9.67 Å². The van der Waals surface area contributed by atoms with E-state index in [0.717, 1.165) is 0 Å². The van der Waals surface area contributed by atoms with Gasteiger partial charge in [0.05, 0.1) is 6.61 Å². The first kappa shape index (κ1) is 12.7. The van der Waals surface area contributed by atoms with Crippen molar-refractivity contribution in [1.82, 2.24) is 0 Å². The van der Waals surface area contributed by atoms with Crippen molar-refractivity contribution in [2.45, 2.75) is 18.9 Å². The fraction of sp³-hybridized carbons (Fsp3) is 0.333. The Labute approximate surface area is 98.7 Å². The number of aliphatic hydroxyl groups excluding tert-OH is 1. The van der Waals surface area contributed by atoms with Gasteiger partial charge in [-0.1, -0.05) is 24.3 Å². The lowest BCUT2D eigenvalue weighted by Gasteiger charge is -2.17. The first-order chi connectivity index (χ1) is 6.99. The second-order valence-electron chi connectivity index (χ2n) is 2.91. The highest BCUT2D eigenvalue weighted by atomic mass is 127. The molecule has 6 heteroatoms. The number of aliphatic hydroxyl groups is 1. The molecule has 0 fully saturated rings. The Kier molecular flexibility index (Phi) is 4.35. The summed E-state index contributed by atoms with van der Waals surface area (Å²) in [6, 6.07) is 5.46. The summed E-state index contributed by atoms with van der Waals surface area (Å²) in [6.07, 6.45) is -6.35. The largest absolute Gasteiger partial charge is 0.419 e. The van der Waals surface area contributed by atoms with Gasteiger partial charge in [-0.05, 0) is 11.1 Å². The summed E-state index contributed by atoms with van der Waals surface area (Å²) in [5, 5.41) is 8.73. The lowest BCUT2D eigenvalue weighted by Crippen LogP contribution is -2.20. The third-order valence-electron chi connectivity index (χ3n) is 1.85. The van der Waals surface area contributed by atoms with E-state index in [2.05, 4.69) is 3.07 Å². The predicted molar refractivity (Wildman–Crippen MR) is 56.3 cm³/mol. The number of benzene rings is 1. The van der Waals surface area contributed by atoms with Crippen LogP contribution in [0.2, 0.25) is 0 Å². The molecule has 0 radical (unpaired) electrons. The van der Waals surface area contributed by atoms with Gasteiger partial charge in [0.1, 0.15) is 23.0 Å². The van der Waals surface area contributed by atoms with E-state index in [-0.39, 0.29) is 12.2 Å². The van der Waals surface area contributed by atoms with Gasteiger partial charge in [-0.25, -0.2) is 0 Å². The van der Waals surface area contributed by atoms with Gasteiger partial charge in [0.2, 0.25) is 0 Å². The smallest absolute Gasteiger partial charge is 0.392 e. The van der Waals surface area contributed by atoms with Crippen LogP contribution in [0.3, 0.4) is 0 Å². The Balaban J connectivity index is 2.93. The lowest BCUT2D eigenvalue weighted by molar-refractivity contribution is -0.189. The second-order valence-corrected chi connectivity index (χ2v) is 3.42. The van der Waals surface area contributed by atoms with Crippen LogP contribution in [0, 0.1) is 0 Å². The maximum absolute atomic E-state index is 12.4. The van der Waals surface area contributed by atoms with E-state index in [9.17, 15) is 13.2 Å². The molecule has 2 nitrogen and oxygen atoms in total. The minimum Gasteiger partial charge on any atom is -0.392 e. The van der Waals surface area contributed by atoms with E-state index in [0.29, 0.717) is 5.56 Å². The molecule has 0 saturated carbocycles. The third kappa shape index (κ3) is 3.32. The average molecular weight is 332 g/mol. The van der Waals surface area contributed by atoms with Gasteiger partial charge in [0.25, 0.3) is 0 Å². The number of hydrogen-bond acceptors (Lipinski definition) is 2. The Morgan fingerprint density at radius 1 is 1.27 bits per heavy atom. The van der Waals surface area contributed by atoms with Crippen molar-refractivity contribution in [2.75, 3.05) is 0 Å². The number of rotatable bonds is 3. The van der Waals surface area contributed by atoms with Gasteiger partial charge in [0.15, 0.2) is 6.10 Å². The maximum Gasteiger partial charge on any atom is 0.419 e. The summed E-state index contributed by atoms with van der Waals surface area (Å²) < 4.78 is 41.6. The summed E-state index contributed by atoms with van der Waals surface area (Å²) in [5.74, 6) is 0. The van der Waals surface area contributed by atoms with Crippen LogP contribution in [0.1, 0.15) is 17.2 Å². The fourth-order valence-corrected chi connectivity index (χ4v) is 1.67. The molecule has 1 aromatic carbocycles. The average Bonchev–Trinajstić information content (AvgIpc) is 2.18. The zero-order valence-corrected chi connectivity index (χ0v) is 9.62. The molecule has 84 valence electrons. The molecule has 1 N–H and O–H groups in total. The Morgan fingerprint density at radius 3 is 2.13 bits per heavy atom. The molecule has 0 aliphatic heterocycles. The van der Waals surface area contributed by atoms with Gasteiger partial charge >= 0.3 is 6.18 Å². The molecule has 1 atom stereocenters. The molecule has 15 heavy (non-hydrogen) atoms. The summed E-state index contributed by atoms with van der Waals surface area (Å²) in [4.78, 5) is 0. The van der Waals surface area contributed by atoms with Crippen molar-refractivity contribution in [2.24, 2.45) is 0 Å². The molecule has 0 aliphatic rings. The van der Waals surface area contributed by atoms with Crippen LogP contribution in [0.25, 0.3) is 0 Å². The normalized spacial score (nSPS) is 13.9. The van der Waals surface area contributed by atoms with E-state index in [1.165, 1.54) is 47.3 Å². The van der Waals surface area contributed by atoms with Crippen LogP contribution in [0.15, 0.2) is 24.3 Å². The van der Waals surface area contributed by atoms with Crippen molar-refractivity contribution in [3.8, 4) is 0 Å². The van der Waals surface area contributed by atoms with Crippen LogP contribution in [0.5, 0.6) is 0 Å². The van der Waals surface area contributed by atoms with E-state index < -0.39 is 12.3 Å². The summed E-state index contributed by atoms with van der Waals surface area (Å²) in [5.41, 5.74) is 0.585. The molecule has 0 aromatic heterocycles. The third-order valence-corrected chi connectivity index (χ3v) is 2.36. The monoisotopic (exact) mass is 332 g/mol. The standard InChI is InChI=1S/C9H8F3IO2/c10-9(11,12)8(15-13)7-3-1-6(5-14)2-4-7/h1-4,8,14H,5H2. The van der Waals surface area contributed by atoms with Gasteiger partial charge in [0, 0.05) is 0 Å². The predicted octanol–water partition coefficient (Wildman–Crippen LogP) is 3.15. The van der Waals surface area contributed by atoms with Crippen molar-refractivity contribution in [3.63, 3.8) is 0 Å². The van der Waals surface area contributed by atoms with Gasteiger partial charge in [-0.3, -0.25) is 3.07 Å². The molecular weight excluding hydrogens is 324 g/mol. The second kappa shape index (κ2) is 5.13. The van der Waals surface area contributed by atoms with Crippen molar-refractivity contribution in [3.05, 3.63) is 35.4 Å². The maximum atomic E-state index is 12.4. The zero-order chi connectivity index (χ0) is 11.5. The van der Waals surface area contributed by atoms with E-state index >= 15 is 0 Å². The number of hydrogen-bond donors (Lipinski definition) is 1. The van der Waals surface area contributed by atoms with E-state index in [1.807, 2.05) is 0 Å². The highest BCUT2D eigenvalue weighted by molar-refractivity contribution is 14.1. The minimum absolute atomic E-state index is 0.0223.